The smallest absolute Gasteiger partial charge is 0.233 e. The molecule has 1 aromatic rings. The van der Waals surface area contributed by atoms with Crippen molar-refractivity contribution < 1.29 is 4.74 Å². The summed E-state index contributed by atoms with van der Waals surface area (Å²) in [5, 5.41) is 5.80. The molecule has 72 valence electrons. The Bertz CT molecular complexity index is 359. The molecule has 0 amide bonds. The van der Waals surface area contributed by atoms with Gasteiger partial charge in [-0.05, 0) is 12.1 Å². The fourth-order valence-corrected chi connectivity index (χ4v) is 1.16. The highest BCUT2D eigenvalue weighted by molar-refractivity contribution is 5.88. The van der Waals surface area contributed by atoms with E-state index in [0.717, 1.165) is 5.69 Å². The fraction of sp³-hybridized carbons (Fsp3) is 0.100. The Kier molecular flexibility index (Phi) is 2.36. The Labute approximate surface area is 82.5 Å². The van der Waals surface area contributed by atoms with Gasteiger partial charge in [0.1, 0.15) is 0 Å². The molecule has 1 aliphatic rings. The van der Waals surface area contributed by atoms with Crippen molar-refractivity contribution in [1.82, 2.24) is 5.53 Å². The molecule has 0 unspecified atom stereocenters. The van der Waals surface area contributed by atoms with Gasteiger partial charge in [-0.1, -0.05) is 18.2 Å². The van der Waals surface area contributed by atoms with Crippen LogP contribution >= 0.6 is 0 Å². The van der Waals surface area contributed by atoms with Crippen molar-refractivity contribution in [2.45, 2.75) is 0 Å². The van der Waals surface area contributed by atoms with Crippen LogP contribution in [0.2, 0.25) is 0 Å². The van der Waals surface area contributed by atoms with Gasteiger partial charge in [0.05, 0.1) is 12.8 Å². The fourth-order valence-electron chi connectivity index (χ4n) is 1.16. The van der Waals surface area contributed by atoms with Crippen LogP contribution in [0, 0.1) is 0 Å². The second-order valence-corrected chi connectivity index (χ2v) is 2.78. The van der Waals surface area contributed by atoms with E-state index in [1.165, 1.54) is 0 Å². The molecule has 0 atom stereocenters. The first-order valence-electron chi connectivity index (χ1n) is 4.30. The molecule has 0 aliphatic carbocycles. The SMILES string of the molecule is COC1=NNN(c2ccccc2)C=C1. The molecule has 0 saturated heterocycles. The van der Waals surface area contributed by atoms with Crippen LogP contribution < -0.4 is 10.5 Å². The minimum atomic E-state index is 0.567. The molecule has 2 rings (SSSR count). The first-order chi connectivity index (χ1) is 6.90. The highest BCUT2D eigenvalue weighted by atomic mass is 16.5. The van der Waals surface area contributed by atoms with E-state index in [-0.39, 0.29) is 0 Å². The standard InChI is InChI=1S/C10H11N3O/c1-14-10-7-8-13(12-11-10)9-5-3-2-4-6-9/h2-8,12H,1H3. The second-order valence-electron chi connectivity index (χ2n) is 2.78. The van der Waals surface area contributed by atoms with Crippen LogP contribution in [0.4, 0.5) is 5.69 Å². The van der Waals surface area contributed by atoms with Crippen molar-refractivity contribution in [3.05, 3.63) is 42.6 Å². The van der Waals surface area contributed by atoms with Gasteiger partial charge in [-0.3, -0.25) is 0 Å². The highest BCUT2D eigenvalue weighted by Gasteiger charge is 2.05. The summed E-state index contributed by atoms with van der Waals surface area (Å²) in [4.78, 5) is 0. The number of rotatable bonds is 1. The van der Waals surface area contributed by atoms with Gasteiger partial charge >= 0.3 is 0 Å². The van der Waals surface area contributed by atoms with E-state index in [1.807, 2.05) is 41.5 Å². The summed E-state index contributed by atoms with van der Waals surface area (Å²) < 4.78 is 4.95. The summed E-state index contributed by atoms with van der Waals surface area (Å²) >= 11 is 0. The molecule has 1 aromatic carbocycles. The molecule has 1 aliphatic heterocycles. The number of benzene rings is 1. The quantitative estimate of drug-likeness (QED) is 0.727. The number of anilines is 1. The zero-order valence-corrected chi connectivity index (χ0v) is 7.84. The Morgan fingerprint density at radius 1 is 1.29 bits per heavy atom. The Morgan fingerprint density at radius 3 is 2.64 bits per heavy atom. The average molecular weight is 189 g/mol. The molecule has 0 saturated carbocycles. The molecule has 0 radical (unpaired) electrons. The second kappa shape index (κ2) is 3.83. The third kappa shape index (κ3) is 1.69. The molecule has 4 nitrogen and oxygen atoms in total. The molecule has 0 bridgehead atoms. The summed E-state index contributed by atoms with van der Waals surface area (Å²) in [5.41, 5.74) is 3.88. The van der Waals surface area contributed by atoms with Gasteiger partial charge in [0.15, 0.2) is 0 Å². The zero-order chi connectivity index (χ0) is 9.80. The first-order valence-corrected chi connectivity index (χ1v) is 4.30. The summed E-state index contributed by atoms with van der Waals surface area (Å²) in [6, 6.07) is 9.90. The normalized spacial score (nSPS) is 14.6. The summed E-state index contributed by atoms with van der Waals surface area (Å²) in [7, 11) is 1.59. The van der Waals surface area contributed by atoms with Crippen molar-refractivity contribution in [3.63, 3.8) is 0 Å². The molecule has 0 spiro atoms. The summed E-state index contributed by atoms with van der Waals surface area (Å²) in [6.45, 7) is 0. The minimum absolute atomic E-state index is 0.567. The molecule has 4 heteroatoms. The van der Waals surface area contributed by atoms with Gasteiger partial charge in [-0.25, -0.2) is 10.5 Å². The van der Waals surface area contributed by atoms with E-state index in [4.69, 9.17) is 4.74 Å². The number of nitrogens with one attached hydrogen (secondary N) is 1. The number of methoxy groups -OCH3 is 1. The van der Waals surface area contributed by atoms with Crippen molar-refractivity contribution in [2.24, 2.45) is 5.10 Å². The number of hydrazone groups is 1. The molecule has 1 heterocycles. The number of hydrogen-bond acceptors (Lipinski definition) is 4. The highest BCUT2D eigenvalue weighted by Crippen LogP contribution is 2.12. The van der Waals surface area contributed by atoms with Gasteiger partial charge in [0.25, 0.3) is 0 Å². The van der Waals surface area contributed by atoms with E-state index in [2.05, 4.69) is 10.6 Å². The Morgan fingerprint density at radius 2 is 2.07 bits per heavy atom. The maximum atomic E-state index is 4.95. The van der Waals surface area contributed by atoms with Gasteiger partial charge in [0, 0.05) is 12.3 Å². The lowest BCUT2D eigenvalue weighted by Gasteiger charge is -2.22. The monoisotopic (exact) mass is 189 g/mol. The maximum absolute atomic E-state index is 4.95. The van der Waals surface area contributed by atoms with Crippen LogP contribution in [-0.2, 0) is 4.74 Å². The lowest BCUT2D eigenvalue weighted by molar-refractivity contribution is 0.398. The van der Waals surface area contributed by atoms with Gasteiger partial charge in [-0.15, -0.1) is 5.10 Å². The van der Waals surface area contributed by atoms with Crippen molar-refractivity contribution in [1.29, 1.82) is 0 Å². The van der Waals surface area contributed by atoms with Crippen LogP contribution in [0.15, 0.2) is 47.7 Å². The summed E-state index contributed by atoms with van der Waals surface area (Å²) in [6.07, 6.45) is 3.66. The van der Waals surface area contributed by atoms with Gasteiger partial charge in [0.2, 0.25) is 5.90 Å². The van der Waals surface area contributed by atoms with Gasteiger partial charge < -0.3 is 4.74 Å². The number of para-hydroxylation sites is 1. The molecule has 14 heavy (non-hydrogen) atoms. The maximum Gasteiger partial charge on any atom is 0.233 e. The van der Waals surface area contributed by atoms with Crippen molar-refractivity contribution in [2.75, 3.05) is 12.1 Å². The average Bonchev–Trinajstić information content (AvgIpc) is 2.30. The lowest BCUT2D eigenvalue weighted by atomic mass is 10.3. The number of hydrogen-bond donors (Lipinski definition) is 1. The predicted molar refractivity (Wildman–Crippen MR) is 55.6 cm³/mol. The van der Waals surface area contributed by atoms with E-state index in [1.54, 1.807) is 13.2 Å². The number of hydrazine groups is 1. The van der Waals surface area contributed by atoms with Crippen LogP contribution in [0.25, 0.3) is 0 Å². The minimum Gasteiger partial charge on any atom is -0.480 e. The Balaban J connectivity index is 2.11. The van der Waals surface area contributed by atoms with Crippen molar-refractivity contribution in [3.8, 4) is 0 Å². The first kappa shape index (κ1) is 8.62. The molecule has 0 aromatic heterocycles. The molecule has 1 N–H and O–H groups in total. The molecular formula is C10H11N3O. The van der Waals surface area contributed by atoms with Crippen LogP contribution in [0.3, 0.4) is 0 Å². The lowest BCUT2D eigenvalue weighted by Crippen LogP contribution is -2.33. The van der Waals surface area contributed by atoms with Crippen LogP contribution in [-0.4, -0.2) is 13.0 Å². The topological polar surface area (TPSA) is 36.9 Å². The van der Waals surface area contributed by atoms with E-state index >= 15 is 0 Å². The van der Waals surface area contributed by atoms with Crippen molar-refractivity contribution >= 4 is 11.6 Å². The largest absolute Gasteiger partial charge is 0.480 e. The number of ether oxygens (including phenoxy) is 1. The Hall–Kier alpha value is -1.97. The summed E-state index contributed by atoms with van der Waals surface area (Å²) in [5.74, 6) is 0.567. The van der Waals surface area contributed by atoms with E-state index in [9.17, 15) is 0 Å². The molecule has 0 fully saturated rings. The number of nitrogens with zero attached hydrogens (tertiary/aromatic N) is 2. The molecular weight excluding hydrogens is 178 g/mol. The zero-order valence-electron chi connectivity index (χ0n) is 7.84. The van der Waals surface area contributed by atoms with Crippen LogP contribution in [0.1, 0.15) is 0 Å². The van der Waals surface area contributed by atoms with E-state index < -0.39 is 0 Å². The van der Waals surface area contributed by atoms with E-state index in [0.29, 0.717) is 5.90 Å². The third-order valence-corrected chi connectivity index (χ3v) is 1.88. The third-order valence-electron chi connectivity index (χ3n) is 1.88. The van der Waals surface area contributed by atoms with Gasteiger partial charge in [-0.2, -0.15) is 0 Å². The predicted octanol–water partition coefficient (Wildman–Crippen LogP) is 1.48. The van der Waals surface area contributed by atoms with Crippen LogP contribution in [0.5, 0.6) is 0 Å².